The van der Waals surface area contributed by atoms with E-state index in [9.17, 15) is 12.6 Å². The molecule has 0 aliphatic carbocycles. The molecule has 0 radical (unpaired) electrons. The minimum Gasteiger partial charge on any atom is -0.242 e. The monoisotopic (exact) mass is 468 g/mol. The number of rotatable bonds is 8. The molecule has 2 aromatic rings. The summed E-state index contributed by atoms with van der Waals surface area (Å²) in [5.74, 6) is 0. The standard InChI is InChI=1S/C22H29ClN2O3S2/c1-16-7-13-19(14-8-16)30(27,28)24-15-5-6-20-21(17-9-11-18(23)12-10-17)25(20)29(26)22(2,3)4/h7-14,20-21,24H,5-6,15H2,1-4H3/t20-,21-,25?,29?/m0/s1. The lowest BCUT2D eigenvalue weighted by molar-refractivity contribution is 0.567. The van der Waals surface area contributed by atoms with Gasteiger partial charge in [-0.2, -0.15) is 0 Å². The lowest BCUT2D eigenvalue weighted by Crippen LogP contribution is -2.28. The van der Waals surface area contributed by atoms with E-state index in [-0.39, 0.29) is 21.7 Å². The number of aryl methyl sites for hydroxylation is 1. The molecular formula is C22H29ClN2O3S2. The van der Waals surface area contributed by atoms with Gasteiger partial charge in [0.15, 0.2) is 0 Å². The van der Waals surface area contributed by atoms with Crippen molar-refractivity contribution in [3.8, 4) is 0 Å². The van der Waals surface area contributed by atoms with E-state index in [1.807, 2.05) is 56.3 Å². The molecule has 0 aromatic heterocycles. The van der Waals surface area contributed by atoms with Crippen LogP contribution in [0.2, 0.25) is 5.02 Å². The first-order chi connectivity index (χ1) is 14.0. The fourth-order valence-corrected chi connectivity index (χ4v) is 6.15. The molecule has 0 spiro atoms. The molecule has 4 atom stereocenters. The zero-order valence-electron chi connectivity index (χ0n) is 17.8. The van der Waals surface area contributed by atoms with Crippen molar-refractivity contribution >= 4 is 32.6 Å². The molecule has 5 nitrogen and oxygen atoms in total. The molecular weight excluding hydrogens is 440 g/mol. The molecule has 3 rings (SSSR count). The lowest BCUT2D eigenvalue weighted by Gasteiger charge is -2.19. The Morgan fingerprint density at radius 1 is 1.07 bits per heavy atom. The molecule has 0 bridgehead atoms. The van der Waals surface area contributed by atoms with Gasteiger partial charge in [-0.25, -0.2) is 21.7 Å². The summed E-state index contributed by atoms with van der Waals surface area (Å²) in [5, 5.41) is 0.671. The van der Waals surface area contributed by atoms with Gasteiger partial charge in [0, 0.05) is 17.6 Å². The summed E-state index contributed by atoms with van der Waals surface area (Å²) in [5.41, 5.74) is 2.10. The van der Waals surface area contributed by atoms with Crippen LogP contribution in [0, 0.1) is 6.92 Å². The van der Waals surface area contributed by atoms with Crippen LogP contribution in [0.5, 0.6) is 0 Å². The van der Waals surface area contributed by atoms with Gasteiger partial charge in [0.05, 0.1) is 15.7 Å². The molecule has 0 amide bonds. The Balaban J connectivity index is 1.61. The number of nitrogens with zero attached hydrogens (tertiary/aromatic N) is 1. The summed E-state index contributed by atoms with van der Waals surface area (Å²) in [4.78, 5) is 0.272. The third kappa shape index (κ3) is 5.51. The first-order valence-corrected chi connectivity index (χ1v) is 13.0. The maximum atomic E-state index is 13.0. The quantitative estimate of drug-likeness (QED) is 0.455. The zero-order chi connectivity index (χ0) is 22.1. The van der Waals surface area contributed by atoms with Crippen LogP contribution in [-0.4, -0.2) is 34.3 Å². The predicted octanol–water partition coefficient (Wildman–Crippen LogP) is 4.59. The summed E-state index contributed by atoms with van der Waals surface area (Å²) in [6, 6.07) is 14.6. The predicted molar refractivity (Wildman–Crippen MR) is 123 cm³/mol. The Morgan fingerprint density at radius 2 is 1.67 bits per heavy atom. The van der Waals surface area contributed by atoms with Crippen LogP contribution in [0.3, 0.4) is 0 Å². The van der Waals surface area contributed by atoms with Crippen molar-refractivity contribution in [2.24, 2.45) is 0 Å². The van der Waals surface area contributed by atoms with E-state index in [1.165, 1.54) is 0 Å². The average molecular weight is 469 g/mol. The molecule has 1 saturated heterocycles. The fourth-order valence-electron chi connectivity index (χ4n) is 3.43. The van der Waals surface area contributed by atoms with E-state index in [1.54, 1.807) is 24.3 Å². The molecule has 164 valence electrons. The van der Waals surface area contributed by atoms with Crippen molar-refractivity contribution in [2.75, 3.05) is 6.54 Å². The highest BCUT2D eigenvalue weighted by atomic mass is 35.5. The third-order valence-electron chi connectivity index (χ3n) is 5.10. The third-order valence-corrected chi connectivity index (χ3v) is 8.76. The molecule has 1 N–H and O–H groups in total. The zero-order valence-corrected chi connectivity index (χ0v) is 20.2. The highest BCUT2D eigenvalue weighted by Gasteiger charge is 2.53. The second kappa shape index (κ2) is 9.09. The van der Waals surface area contributed by atoms with Crippen molar-refractivity contribution in [2.45, 2.75) is 62.3 Å². The Bertz CT molecular complexity index is 1000. The van der Waals surface area contributed by atoms with E-state index in [2.05, 4.69) is 4.72 Å². The number of sulfonamides is 1. The van der Waals surface area contributed by atoms with Crippen LogP contribution in [0.4, 0.5) is 0 Å². The van der Waals surface area contributed by atoms with E-state index >= 15 is 0 Å². The van der Waals surface area contributed by atoms with Crippen molar-refractivity contribution < 1.29 is 12.6 Å². The Labute approximate surface area is 187 Å². The highest BCUT2D eigenvalue weighted by Crippen LogP contribution is 2.49. The Morgan fingerprint density at radius 3 is 2.23 bits per heavy atom. The van der Waals surface area contributed by atoms with Gasteiger partial charge in [-0.15, -0.1) is 0 Å². The van der Waals surface area contributed by atoms with Crippen LogP contribution in [0.1, 0.15) is 50.8 Å². The molecule has 1 heterocycles. The summed E-state index contributed by atoms with van der Waals surface area (Å²) in [6.07, 6.45) is 1.42. The van der Waals surface area contributed by atoms with E-state index < -0.39 is 21.0 Å². The molecule has 0 saturated carbocycles. The van der Waals surface area contributed by atoms with Crippen molar-refractivity contribution in [3.63, 3.8) is 0 Å². The number of hydrogen-bond donors (Lipinski definition) is 1. The van der Waals surface area contributed by atoms with Crippen LogP contribution in [0.15, 0.2) is 53.4 Å². The maximum Gasteiger partial charge on any atom is 0.240 e. The first kappa shape index (κ1) is 23.4. The maximum absolute atomic E-state index is 13.0. The summed E-state index contributed by atoms with van der Waals surface area (Å²) < 4.78 is 42.2. The largest absolute Gasteiger partial charge is 0.242 e. The van der Waals surface area contributed by atoms with Crippen LogP contribution < -0.4 is 4.72 Å². The first-order valence-electron chi connectivity index (χ1n) is 10.0. The van der Waals surface area contributed by atoms with Gasteiger partial charge < -0.3 is 0 Å². The van der Waals surface area contributed by atoms with Crippen LogP contribution >= 0.6 is 11.6 Å². The molecule has 1 aliphatic rings. The van der Waals surface area contributed by atoms with Gasteiger partial charge in [0.25, 0.3) is 0 Å². The molecule has 8 heteroatoms. The van der Waals surface area contributed by atoms with Gasteiger partial charge in [-0.05, 0) is 70.4 Å². The number of hydrogen-bond acceptors (Lipinski definition) is 3. The minimum absolute atomic E-state index is 0.0658. The fraction of sp³-hybridized carbons (Fsp3) is 0.455. The van der Waals surface area contributed by atoms with Gasteiger partial charge >= 0.3 is 0 Å². The van der Waals surface area contributed by atoms with Gasteiger partial charge in [-0.1, -0.05) is 41.4 Å². The molecule has 1 fully saturated rings. The average Bonchev–Trinajstić information content (AvgIpc) is 3.38. The topological polar surface area (TPSA) is 66.2 Å². The van der Waals surface area contributed by atoms with Gasteiger partial charge in [-0.3, -0.25) is 0 Å². The SMILES string of the molecule is Cc1ccc(S(=O)(=O)NCCC[C@H]2[C@H](c3ccc(Cl)cc3)N2S(=O)C(C)(C)C)cc1. The molecule has 2 aromatic carbocycles. The summed E-state index contributed by atoms with van der Waals surface area (Å²) in [7, 11) is -4.65. The number of nitrogens with one attached hydrogen (secondary N) is 1. The van der Waals surface area contributed by atoms with Crippen LogP contribution in [0.25, 0.3) is 0 Å². The normalized spacial score (nSPS) is 22.6. The van der Waals surface area contributed by atoms with E-state index in [4.69, 9.17) is 11.6 Å². The second-order valence-corrected chi connectivity index (χ2v) is 13.0. The molecule has 1 aliphatic heterocycles. The Hall–Kier alpha value is -1.25. The lowest BCUT2D eigenvalue weighted by atomic mass is 10.1. The second-order valence-electron chi connectivity index (χ2n) is 8.64. The van der Waals surface area contributed by atoms with Crippen molar-refractivity contribution in [3.05, 3.63) is 64.7 Å². The van der Waals surface area contributed by atoms with Crippen molar-refractivity contribution in [1.29, 1.82) is 0 Å². The van der Waals surface area contributed by atoms with E-state index in [0.717, 1.165) is 17.5 Å². The Kier molecular flexibility index (Phi) is 7.09. The summed E-state index contributed by atoms with van der Waals surface area (Å²) in [6.45, 7) is 8.16. The van der Waals surface area contributed by atoms with Crippen LogP contribution in [-0.2, 0) is 21.0 Å². The molecule has 30 heavy (non-hydrogen) atoms. The smallest absolute Gasteiger partial charge is 0.240 e. The van der Waals surface area contributed by atoms with Gasteiger partial charge in [0.1, 0.15) is 11.0 Å². The summed E-state index contributed by atoms with van der Waals surface area (Å²) >= 11 is 6.01. The number of benzene rings is 2. The number of halogens is 1. The molecule has 2 unspecified atom stereocenters. The van der Waals surface area contributed by atoms with Crippen molar-refractivity contribution in [1.82, 2.24) is 9.03 Å². The van der Waals surface area contributed by atoms with E-state index in [0.29, 0.717) is 18.0 Å². The highest BCUT2D eigenvalue weighted by molar-refractivity contribution is 7.89. The van der Waals surface area contributed by atoms with Gasteiger partial charge in [0.2, 0.25) is 10.0 Å². The minimum atomic E-state index is -3.52.